The van der Waals surface area contributed by atoms with Gasteiger partial charge in [0.15, 0.2) is 5.82 Å². The summed E-state index contributed by atoms with van der Waals surface area (Å²) in [6.45, 7) is 2.07. The van der Waals surface area contributed by atoms with E-state index >= 15 is 0 Å². The molecule has 90 valence electrons. The minimum Gasteiger partial charge on any atom is -0.281 e. The molecule has 0 amide bonds. The second-order valence-corrected chi connectivity index (χ2v) is 5.33. The molecule has 0 fully saturated rings. The molecule has 2 heterocycles. The molecule has 4 nitrogen and oxygen atoms in total. The van der Waals surface area contributed by atoms with Crippen LogP contribution in [0.15, 0.2) is 30.5 Å². The van der Waals surface area contributed by atoms with E-state index in [4.69, 9.17) is 12.2 Å². The zero-order valence-electron chi connectivity index (χ0n) is 9.60. The Labute approximate surface area is 113 Å². The number of aromatic amines is 2. The molecule has 0 unspecified atom stereocenters. The van der Waals surface area contributed by atoms with E-state index in [1.54, 1.807) is 11.3 Å². The maximum absolute atomic E-state index is 4.94. The second kappa shape index (κ2) is 4.47. The van der Waals surface area contributed by atoms with Gasteiger partial charge in [0.1, 0.15) is 5.01 Å². The van der Waals surface area contributed by atoms with Gasteiger partial charge in [-0.15, -0.1) is 11.3 Å². The summed E-state index contributed by atoms with van der Waals surface area (Å²) in [5, 5.41) is 6.69. The minimum absolute atomic E-state index is 0.454. The van der Waals surface area contributed by atoms with Crippen LogP contribution in [0.4, 0.5) is 0 Å². The fourth-order valence-electron chi connectivity index (χ4n) is 1.68. The molecular formula is C12H10N4S2. The number of aromatic nitrogens is 4. The minimum atomic E-state index is 0.454. The van der Waals surface area contributed by atoms with E-state index in [1.807, 2.05) is 12.3 Å². The SMILES string of the molecule is Cc1cccc(-c2ncc(-c3nc(=S)[nH][nH]3)s2)c1. The number of hydrogen-bond acceptors (Lipinski definition) is 4. The van der Waals surface area contributed by atoms with Crippen LogP contribution in [0.5, 0.6) is 0 Å². The quantitative estimate of drug-likeness (QED) is 0.702. The van der Waals surface area contributed by atoms with E-state index in [2.05, 4.69) is 45.3 Å². The van der Waals surface area contributed by atoms with Gasteiger partial charge >= 0.3 is 0 Å². The van der Waals surface area contributed by atoms with Crippen molar-refractivity contribution in [2.24, 2.45) is 0 Å². The van der Waals surface area contributed by atoms with Crippen molar-refractivity contribution < 1.29 is 0 Å². The molecule has 0 spiro atoms. The highest BCUT2D eigenvalue weighted by Gasteiger charge is 2.08. The standard InChI is InChI=1S/C12H10N4S2/c1-7-3-2-4-8(5-7)11-13-6-9(18-11)10-14-12(17)16-15-10/h2-6H,1H3,(H2,14,15,16,17). The smallest absolute Gasteiger partial charge is 0.213 e. The molecule has 18 heavy (non-hydrogen) atoms. The first-order valence-corrected chi connectivity index (χ1v) is 6.63. The largest absolute Gasteiger partial charge is 0.281 e. The molecule has 0 radical (unpaired) electrons. The summed E-state index contributed by atoms with van der Waals surface area (Å²) < 4.78 is 0.454. The topological polar surface area (TPSA) is 57.4 Å². The summed E-state index contributed by atoms with van der Waals surface area (Å²) in [5.41, 5.74) is 2.35. The highest BCUT2D eigenvalue weighted by Crippen LogP contribution is 2.30. The summed E-state index contributed by atoms with van der Waals surface area (Å²) in [6.07, 6.45) is 1.81. The summed E-state index contributed by atoms with van der Waals surface area (Å²) in [7, 11) is 0. The van der Waals surface area contributed by atoms with Crippen LogP contribution in [0.1, 0.15) is 5.56 Å². The Kier molecular flexibility index (Phi) is 2.81. The molecule has 1 aromatic carbocycles. The van der Waals surface area contributed by atoms with Gasteiger partial charge in [0, 0.05) is 11.8 Å². The Bertz CT molecular complexity index is 738. The van der Waals surface area contributed by atoms with Crippen molar-refractivity contribution in [3.63, 3.8) is 0 Å². The number of hydrogen-bond donors (Lipinski definition) is 2. The van der Waals surface area contributed by atoms with Gasteiger partial charge in [0.05, 0.1) is 4.88 Å². The number of benzene rings is 1. The van der Waals surface area contributed by atoms with Crippen molar-refractivity contribution >= 4 is 23.6 Å². The highest BCUT2D eigenvalue weighted by molar-refractivity contribution is 7.71. The van der Waals surface area contributed by atoms with Crippen LogP contribution in [0, 0.1) is 11.7 Å². The summed E-state index contributed by atoms with van der Waals surface area (Å²) in [6, 6.07) is 8.29. The molecule has 0 bridgehead atoms. The van der Waals surface area contributed by atoms with Crippen molar-refractivity contribution in [3.8, 4) is 21.3 Å². The Hall–Kier alpha value is -1.79. The van der Waals surface area contributed by atoms with Gasteiger partial charge < -0.3 is 0 Å². The molecular weight excluding hydrogens is 264 g/mol. The van der Waals surface area contributed by atoms with Crippen LogP contribution in [0.25, 0.3) is 21.3 Å². The molecule has 6 heteroatoms. The first-order chi connectivity index (χ1) is 8.72. The van der Waals surface area contributed by atoms with Crippen molar-refractivity contribution in [2.45, 2.75) is 6.92 Å². The number of nitrogens with one attached hydrogen (secondary N) is 2. The lowest BCUT2D eigenvalue weighted by atomic mass is 10.1. The first kappa shape index (κ1) is 11.3. The van der Waals surface area contributed by atoms with E-state index in [0.29, 0.717) is 4.77 Å². The Morgan fingerprint density at radius 1 is 1.28 bits per heavy atom. The van der Waals surface area contributed by atoms with Gasteiger partial charge in [-0.2, -0.15) is 4.98 Å². The van der Waals surface area contributed by atoms with Crippen LogP contribution in [0.3, 0.4) is 0 Å². The molecule has 0 saturated carbocycles. The van der Waals surface area contributed by atoms with Gasteiger partial charge in [-0.3, -0.25) is 10.2 Å². The number of rotatable bonds is 2. The van der Waals surface area contributed by atoms with Crippen LogP contribution < -0.4 is 0 Å². The molecule has 2 N–H and O–H groups in total. The zero-order chi connectivity index (χ0) is 12.5. The molecule has 2 aromatic heterocycles. The third-order valence-electron chi connectivity index (χ3n) is 2.51. The number of nitrogens with zero attached hydrogens (tertiary/aromatic N) is 2. The third-order valence-corrected chi connectivity index (χ3v) is 3.75. The molecule has 3 rings (SSSR count). The molecule has 0 atom stereocenters. The van der Waals surface area contributed by atoms with Crippen LogP contribution in [-0.4, -0.2) is 20.2 Å². The molecule has 0 aliphatic carbocycles. The van der Waals surface area contributed by atoms with E-state index in [9.17, 15) is 0 Å². The van der Waals surface area contributed by atoms with Gasteiger partial charge in [0.2, 0.25) is 4.77 Å². The van der Waals surface area contributed by atoms with Crippen LogP contribution in [0.2, 0.25) is 0 Å². The maximum atomic E-state index is 4.94. The Balaban J connectivity index is 2.01. The average molecular weight is 274 g/mol. The molecule has 0 saturated heterocycles. The van der Waals surface area contributed by atoms with Crippen molar-refractivity contribution in [1.82, 2.24) is 20.2 Å². The lowest BCUT2D eigenvalue weighted by Gasteiger charge is -1.96. The second-order valence-electron chi connectivity index (χ2n) is 3.91. The highest BCUT2D eigenvalue weighted by atomic mass is 32.1. The summed E-state index contributed by atoms with van der Waals surface area (Å²) in [5.74, 6) is 0.733. The maximum Gasteiger partial charge on any atom is 0.213 e. The van der Waals surface area contributed by atoms with E-state index in [1.165, 1.54) is 5.56 Å². The fraction of sp³-hybridized carbons (Fsp3) is 0.0833. The Morgan fingerprint density at radius 3 is 2.89 bits per heavy atom. The third kappa shape index (κ3) is 2.12. The lowest BCUT2D eigenvalue weighted by Crippen LogP contribution is -1.76. The molecule has 0 aliphatic rings. The van der Waals surface area contributed by atoms with E-state index in [-0.39, 0.29) is 0 Å². The number of aryl methyl sites for hydroxylation is 1. The number of thiazole rings is 1. The van der Waals surface area contributed by atoms with E-state index in [0.717, 1.165) is 21.3 Å². The molecule has 0 aliphatic heterocycles. The summed E-state index contributed by atoms with van der Waals surface area (Å²) >= 11 is 6.53. The van der Waals surface area contributed by atoms with Crippen molar-refractivity contribution in [2.75, 3.05) is 0 Å². The van der Waals surface area contributed by atoms with Gasteiger partial charge in [-0.05, 0) is 25.2 Å². The lowest BCUT2D eigenvalue weighted by molar-refractivity contribution is 1.08. The fourth-order valence-corrected chi connectivity index (χ4v) is 2.68. The zero-order valence-corrected chi connectivity index (χ0v) is 11.2. The van der Waals surface area contributed by atoms with Gasteiger partial charge in [-0.1, -0.05) is 23.8 Å². The number of H-pyrrole nitrogens is 2. The predicted molar refractivity (Wildman–Crippen MR) is 75.1 cm³/mol. The van der Waals surface area contributed by atoms with Crippen molar-refractivity contribution in [1.29, 1.82) is 0 Å². The van der Waals surface area contributed by atoms with Crippen LogP contribution in [-0.2, 0) is 0 Å². The first-order valence-electron chi connectivity index (χ1n) is 5.40. The van der Waals surface area contributed by atoms with Crippen LogP contribution >= 0.6 is 23.6 Å². The van der Waals surface area contributed by atoms with Gasteiger partial charge in [0.25, 0.3) is 0 Å². The molecule has 3 aromatic rings. The predicted octanol–water partition coefficient (Wildman–Crippen LogP) is 3.57. The van der Waals surface area contributed by atoms with E-state index < -0.39 is 0 Å². The average Bonchev–Trinajstić information content (AvgIpc) is 2.97. The van der Waals surface area contributed by atoms with Gasteiger partial charge in [-0.25, -0.2) is 4.98 Å². The van der Waals surface area contributed by atoms with Crippen molar-refractivity contribution in [3.05, 3.63) is 40.8 Å². The summed E-state index contributed by atoms with van der Waals surface area (Å²) in [4.78, 5) is 9.57. The Morgan fingerprint density at radius 2 is 2.17 bits per heavy atom. The monoisotopic (exact) mass is 274 g/mol. The normalized spacial score (nSPS) is 10.7.